The van der Waals surface area contributed by atoms with Crippen LogP contribution in [0.4, 0.5) is 5.00 Å². The second kappa shape index (κ2) is 8.11. The largest absolute Gasteiger partial charge is 0.462 e. The molecule has 0 bridgehead atoms. The Balaban J connectivity index is 1.60. The highest BCUT2D eigenvalue weighted by atomic mass is 32.1. The first-order valence-corrected chi connectivity index (χ1v) is 10.1. The van der Waals surface area contributed by atoms with Crippen molar-refractivity contribution in [1.82, 2.24) is 10.2 Å². The van der Waals surface area contributed by atoms with Crippen LogP contribution >= 0.6 is 11.3 Å². The predicted molar refractivity (Wildman–Crippen MR) is 112 cm³/mol. The van der Waals surface area contributed by atoms with Crippen LogP contribution in [0.1, 0.15) is 43.0 Å². The summed E-state index contributed by atoms with van der Waals surface area (Å²) in [6.07, 6.45) is 0. The van der Waals surface area contributed by atoms with Crippen LogP contribution < -0.4 is 20.5 Å². The summed E-state index contributed by atoms with van der Waals surface area (Å²) in [7, 11) is 0. The lowest BCUT2D eigenvalue weighted by Gasteiger charge is -2.06. The van der Waals surface area contributed by atoms with E-state index in [9.17, 15) is 14.4 Å². The number of esters is 1. The number of benzene rings is 1. The number of carbonyl (C=O) groups is 3. The number of anilines is 1. The lowest BCUT2D eigenvalue weighted by Crippen LogP contribution is -2.15. The quantitative estimate of drug-likeness (QED) is 0.498. The van der Waals surface area contributed by atoms with Gasteiger partial charge in [-0.1, -0.05) is 0 Å². The standard InChI is InChI=1S/C20H18N4O6S/c1-3-28-20(27)15-9(2)16(17(21)25)31-19(15)22-18(26)12-7-11(23-24-12)10-4-5-13-14(6-10)30-8-29-13/h4-7H,3,8H2,1-2H3,(H2,21,25)(H,22,26)(H,23,24). The molecule has 0 radical (unpaired) electrons. The van der Waals surface area contributed by atoms with Gasteiger partial charge in [-0.05, 0) is 43.7 Å². The van der Waals surface area contributed by atoms with Gasteiger partial charge in [0.25, 0.3) is 11.8 Å². The minimum Gasteiger partial charge on any atom is -0.462 e. The van der Waals surface area contributed by atoms with Gasteiger partial charge in [-0.3, -0.25) is 14.7 Å². The SMILES string of the molecule is CCOC(=O)c1c(NC(=O)c2cc(-c3ccc4c(c3)OCO4)n[nH]2)sc(C(N)=O)c1C. The highest BCUT2D eigenvalue weighted by Gasteiger charge is 2.26. The summed E-state index contributed by atoms with van der Waals surface area (Å²) in [5.74, 6) is -0.645. The maximum Gasteiger partial charge on any atom is 0.341 e. The number of amides is 2. The lowest BCUT2D eigenvalue weighted by atomic mass is 10.1. The topological polar surface area (TPSA) is 146 Å². The Bertz CT molecular complexity index is 1200. The van der Waals surface area contributed by atoms with Gasteiger partial charge < -0.3 is 25.3 Å². The van der Waals surface area contributed by atoms with Crippen molar-refractivity contribution < 1.29 is 28.6 Å². The Morgan fingerprint density at radius 1 is 1.26 bits per heavy atom. The highest BCUT2D eigenvalue weighted by Crippen LogP contribution is 2.36. The summed E-state index contributed by atoms with van der Waals surface area (Å²) in [5, 5.41) is 9.66. The number of nitrogens with one attached hydrogen (secondary N) is 2. The molecule has 0 fully saturated rings. The van der Waals surface area contributed by atoms with Crippen LogP contribution in [0.25, 0.3) is 11.3 Å². The smallest absolute Gasteiger partial charge is 0.341 e. The van der Waals surface area contributed by atoms with Gasteiger partial charge in [0.1, 0.15) is 10.7 Å². The summed E-state index contributed by atoms with van der Waals surface area (Å²) in [6.45, 7) is 3.54. The molecule has 0 unspecified atom stereocenters. The molecule has 1 aliphatic rings. The van der Waals surface area contributed by atoms with E-state index in [0.717, 1.165) is 16.9 Å². The van der Waals surface area contributed by atoms with E-state index >= 15 is 0 Å². The van der Waals surface area contributed by atoms with Gasteiger partial charge in [-0.25, -0.2) is 4.79 Å². The number of nitrogens with two attached hydrogens (primary N) is 1. The number of primary amides is 1. The summed E-state index contributed by atoms with van der Waals surface area (Å²) in [5.41, 5.74) is 7.27. The van der Waals surface area contributed by atoms with Crippen molar-refractivity contribution in [3.8, 4) is 22.8 Å². The fourth-order valence-electron chi connectivity index (χ4n) is 3.10. The summed E-state index contributed by atoms with van der Waals surface area (Å²) >= 11 is 0.916. The second-order valence-corrected chi connectivity index (χ2v) is 7.55. The number of hydrogen-bond donors (Lipinski definition) is 3. The van der Waals surface area contributed by atoms with E-state index in [1.54, 1.807) is 38.1 Å². The molecule has 11 heteroatoms. The molecule has 3 heterocycles. The molecule has 160 valence electrons. The number of hydrogen-bond acceptors (Lipinski definition) is 8. The van der Waals surface area contributed by atoms with Crippen LogP contribution in [0, 0.1) is 6.92 Å². The first-order valence-electron chi connectivity index (χ1n) is 9.26. The number of ether oxygens (including phenoxy) is 3. The average Bonchev–Trinajstić information content (AvgIpc) is 3.46. The van der Waals surface area contributed by atoms with Crippen LogP contribution in [0.3, 0.4) is 0 Å². The fraction of sp³-hybridized carbons (Fsp3) is 0.200. The number of H-pyrrole nitrogens is 1. The van der Waals surface area contributed by atoms with Crippen molar-refractivity contribution in [1.29, 1.82) is 0 Å². The molecule has 2 amide bonds. The Labute approximate surface area is 180 Å². The van der Waals surface area contributed by atoms with Gasteiger partial charge in [-0.2, -0.15) is 5.10 Å². The molecule has 2 aromatic heterocycles. The molecule has 4 N–H and O–H groups in total. The van der Waals surface area contributed by atoms with Gasteiger partial charge >= 0.3 is 5.97 Å². The molecule has 0 spiro atoms. The van der Waals surface area contributed by atoms with Gasteiger partial charge in [0.05, 0.1) is 22.7 Å². The van der Waals surface area contributed by atoms with E-state index in [1.807, 2.05) is 0 Å². The van der Waals surface area contributed by atoms with Crippen molar-refractivity contribution in [3.63, 3.8) is 0 Å². The van der Waals surface area contributed by atoms with Gasteiger partial charge in [-0.15, -0.1) is 11.3 Å². The number of thiophene rings is 1. The van der Waals surface area contributed by atoms with Gasteiger partial charge in [0.2, 0.25) is 6.79 Å². The highest BCUT2D eigenvalue weighted by molar-refractivity contribution is 7.18. The molecule has 31 heavy (non-hydrogen) atoms. The molecule has 10 nitrogen and oxygen atoms in total. The monoisotopic (exact) mass is 442 g/mol. The molecule has 0 aliphatic carbocycles. The Morgan fingerprint density at radius 3 is 2.77 bits per heavy atom. The van der Waals surface area contributed by atoms with Crippen LogP contribution in [0.5, 0.6) is 11.5 Å². The maximum absolute atomic E-state index is 12.8. The number of rotatable bonds is 6. The van der Waals surface area contributed by atoms with Crippen molar-refractivity contribution in [2.45, 2.75) is 13.8 Å². The summed E-state index contributed by atoms with van der Waals surface area (Å²) in [6, 6.07) is 6.89. The minimum absolute atomic E-state index is 0.101. The van der Waals surface area contributed by atoms with Crippen LogP contribution in [0.2, 0.25) is 0 Å². The average molecular weight is 442 g/mol. The number of carbonyl (C=O) groups excluding carboxylic acids is 3. The zero-order chi connectivity index (χ0) is 22.1. The van der Waals surface area contributed by atoms with Crippen LogP contribution in [-0.4, -0.2) is 41.4 Å². The van der Waals surface area contributed by atoms with Crippen molar-refractivity contribution >= 4 is 34.1 Å². The third-order valence-electron chi connectivity index (χ3n) is 4.57. The lowest BCUT2D eigenvalue weighted by molar-refractivity contribution is 0.0527. The van der Waals surface area contributed by atoms with E-state index in [4.69, 9.17) is 19.9 Å². The molecule has 3 aromatic rings. The van der Waals surface area contributed by atoms with Crippen LogP contribution in [-0.2, 0) is 4.74 Å². The Hall–Kier alpha value is -3.86. The van der Waals surface area contributed by atoms with Crippen molar-refractivity contribution in [2.75, 3.05) is 18.7 Å². The van der Waals surface area contributed by atoms with E-state index in [-0.39, 0.29) is 34.5 Å². The zero-order valence-corrected chi connectivity index (χ0v) is 17.4. The Morgan fingerprint density at radius 2 is 2.03 bits per heavy atom. The third kappa shape index (κ3) is 3.82. The first-order chi connectivity index (χ1) is 14.9. The fourth-order valence-corrected chi connectivity index (χ4v) is 4.14. The van der Waals surface area contributed by atoms with E-state index < -0.39 is 17.8 Å². The first kappa shape index (κ1) is 20.4. The molecule has 1 aromatic carbocycles. The van der Waals surface area contributed by atoms with Crippen molar-refractivity contribution in [2.24, 2.45) is 5.73 Å². The molecular formula is C20H18N4O6S. The number of aromatic amines is 1. The number of fused-ring (bicyclic) bond motifs is 1. The summed E-state index contributed by atoms with van der Waals surface area (Å²) in [4.78, 5) is 37.0. The van der Waals surface area contributed by atoms with E-state index in [0.29, 0.717) is 22.8 Å². The minimum atomic E-state index is -0.694. The molecule has 0 atom stereocenters. The van der Waals surface area contributed by atoms with Crippen molar-refractivity contribution in [3.05, 3.63) is 46.0 Å². The molecule has 0 saturated carbocycles. The molecular weight excluding hydrogens is 424 g/mol. The number of aromatic nitrogens is 2. The normalized spacial score (nSPS) is 11.9. The van der Waals surface area contributed by atoms with Crippen LogP contribution in [0.15, 0.2) is 24.3 Å². The number of nitrogens with zero attached hydrogens (tertiary/aromatic N) is 1. The van der Waals surface area contributed by atoms with E-state index in [1.165, 1.54) is 0 Å². The molecule has 4 rings (SSSR count). The summed E-state index contributed by atoms with van der Waals surface area (Å²) < 4.78 is 15.7. The van der Waals surface area contributed by atoms with Gasteiger partial charge in [0, 0.05) is 5.56 Å². The second-order valence-electron chi connectivity index (χ2n) is 6.53. The Kier molecular flexibility index (Phi) is 5.34. The third-order valence-corrected chi connectivity index (χ3v) is 5.79. The molecule has 1 aliphatic heterocycles. The maximum atomic E-state index is 12.8. The van der Waals surface area contributed by atoms with Gasteiger partial charge in [0.15, 0.2) is 11.5 Å². The van der Waals surface area contributed by atoms with E-state index in [2.05, 4.69) is 15.5 Å². The molecule has 0 saturated heterocycles. The predicted octanol–water partition coefficient (Wildman–Crippen LogP) is 2.70. The zero-order valence-electron chi connectivity index (χ0n) is 16.6.